The SMILES string of the molecule is CC(C)C(=O)NC1CCN(C(=O)OC(C)(C)C)CC1.CC(C)C(=O)NC1CCNCC1. The van der Waals surface area contributed by atoms with Gasteiger partial charge in [-0.3, -0.25) is 9.59 Å². The van der Waals surface area contributed by atoms with Gasteiger partial charge in [0.25, 0.3) is 0 Å². The van der Waals surface area contributed by atoms with E-state index in [9.17, 15) is 14.4 Å². The molecule has 0 spiro atoms. The van der Waals surface area contributed by atoms with E-state index in [1.807, 2.05) is 48.5 Å². The zero-order valence-corrected chi connectivity index (χ0v) is 20.5. The summed E-state index contributed by atoms with van der Waals surface area (Å²) in [6.07, 6.45) is 3.45. The lowest BCUT2D eigenvalue weighted by Crippen LogP contribution is -2.48. The number of carbonyl (C=O) groups is 3. The summed E-state index contributed by atoms with van der Waals surface area (Å²) in [7, 11) is 0. The molecule has 2 saturated heterocycles. The van der Waals surface area contributed by atoms with Crippen LogP contribution in [0.2, 0.25) is 0 Å². The number of likely N-dealkylation sites (tertiary alicyclic amines) is 1. The Morgan fingerprint density at radius 2 is 1.26 bits per heavy atom. The predicted octanol–water partition coefficient (Wildman–Crippen LogP) is 2.67. The molecule has 0 aromatic heterocycles. The number of nitrogens with zero attached hydrogens (tertiary/aromatic N) is 1. The van der Waals surface area contributed by atoms with Crippen LogP contribution in [0.3, 0.4) is 0 Å². The molecule has 180 valence electrons. The first kappa shape index (κ1) is 27.2. The third-order valence-corrected chi connectivity index (χ3v) is 5.23. The number of hydrogen-bond acceptors (Lipinski definition) is 5. The fourth-order valence-electron chi connectivity index (χ4n) is 3.23. The molecule has 0 aromatic carbocycles. The summed E-state index contributed by atoms with van der Waals surface area (Å²) in [4.78, 5) is 36.5. The van der Waals surface area contributed by atoms with Crippen molar-refractivity contribution in [2.24, 2.45) is 11.8 Å². The lowest BCUT2D eigenvalue weighted by molar-refractivity contribution is -0.125. The highest BCUT2D eigenvalue weighted by molar-refractivity contribution is 5.78. The Morgan fingerprint density at radius 3 is 1.65 bits per heavy atom. The molecule has 3 N–H and O–H groups in total. The predicted molar refractivity (Wildman–Crippen MR) is 123 cm³/mol. The molecule has 0 atom stereocenters. The summed E-state index contributed by atoms with van der Waals surface area (Å²) in [6.45, 7) is 16.5. The van der Waals surface area contributed by atoms with Crippen molar-refractivity contribution in [3.8, 4) is 0 Å². The zero-order chi connectivity index (χ0) is 23.6. The van der Waals surface area contributed by atoms with Gasteiger partial charge in [-0.05, 0) is 59.5 Å². The van der Waals surface area contributed by atoms with Crippen LogP contribution in [0, 0.1) is 11.8 Å². The summed E-state index contributed by atoms with van der Waals surface area (Å²) in [6, 6.07) is 0.578. The zero-order valence-electron chi connectivity index (χ0n) is 20.5. The fraction of sp³-hybridized carbons (Fsp3) is 0.870. The summed E-state index contributed by atoms with van der Waals surface area (Å²) >= 11 is 0. The summed E-state index contributed by atoms with van der Waals surface area (Å²) < 4.78 is 5.33. The second kappa shape index (κ2) is 12.9. The Kier molecular flexibility index (Phi) is 11.3. The van der Waals surface area contributed by atoms with Crippen LogP contribution in [0.5, 0.6) is 0 Å². The fourth-order valence-corrected chi connectivity index (χ4v) is 3.23. The average Bonchev–Trinajstić information content (AvgIpc) is 2.68. The van der Waals surface area contributed by atoms with E-state index in [0.717, 1.165) is 38.8 Å². The second-order valence-electron chi connectivity index (χ2n) is 10.1. The Morgan fingerprint density at radius 1 is 0.839 bits per heavy atom. The lowest BCUT2D eigenvalue weighted by Gasteiger charge is -2.33. The van der Waals surface area contributed by atoms with Gasteiger partial charge < -0.3 is 25.6 Å². The van der Waals surface area contributed by atoms with Gasteiger partial charge in [-0.2, -0.15) is 0 Å². The Hall–Kier alpha value is -1.83. The van der Waals surface area contributed by atoms with E-state index in [0.29, 0.717) is 19.1 Å². The molecule has 2 fully saturated rings. The van der Waals surface area contributed by atoms with Crippen molar-refractivity contribution in [3.05, 3.63) is 0 Å². The monoisotopic (exact) mass is 440 g/mol. The maximum absolute atomic E-state index is 11.9. The number of piperidine rings is 2. The molecular formula is C23H44N4O4. The van der Waals surface area contributed by atoms with Crippen molar-refractivity contribution in [1.29, 1.82) is 0 Å². The van der Waals surface area contributed by atoms with Crippen LogP contribution in [0.4, 0.5) is 4.79 Å². The minimum absolute atomic E-state index is 0.00360. The summed E-state index contributed by atoms with van der Waals surface area (Å²) in [5.74, 6) is 0.376. The normalized spacial score (nSPS) is 18.3. The largest absolute Gasteiger partial charge is 0.444 e. The van der Waals surface area contributed by atoms with Crippen molar-refractivity contribution in [3.63, 3.8) is 0 Å². The van der Waals surface area contributed by atoms with Crippen LogP contribution in [0.15, 0.2) is 0 Å². The highest BCUT2D eigenvalue weighted by Gasteiger charge is 2.27. The summed E-state index contributed by atoms with van der Waals surface area (Å²) in [5.41, 5.74) is -0.459. The first-order chi connectivity index (χ1) is 14.4. The third kappa shape index (κ3) is 11.4. The standard InChI is InChI=1S/C14H26N2O3.C9H18N2O/c1-10(2)12(17)15-11-6-8-16(9-7-11)13(18)19-14(3,4)5;1-7(2)9(12)11-8-3-5-10-6-4-8/h10-11H,6-9H2,1-5H3,(H,15,17);7-8,10H,3-6H2,1-2H3,(H,11,12). The van der Waals surface area contributed by atoms with Gasteiger partial charge in [0, 0.05) is 37.0 Å². The van der Waals surface area contributed by atoms with E-state index >= 15 is 0 Å². The molecule has 8 nitrogen and oxygen atoms in total. The smallest absolute Gasteiger partial charge is 0.410 e. The van der Waals surface area contributed by atoms with E-state index in [4.69, 9.17) is 4.74 Å². The van der Waals surface area contributed by atoms with Gasteiger partial charge in [-0.1, -0.05) is 27.7 Å². The molecule has 0 bridgehead atoms. The van der Waals surface area contributed by atoms with Gasteiger partial charge in [0.1, 0.15) is 5.60 Å². The molecule has 0 aliphatic carbocycles. The maximum atomic E-state index is 11.9. The number of rotatable bonds is 4. The second-order valence-corrected chi connectivity index (χ2v) is 10.1. The molecule has 3 amide bonds. The van der Waals surface area contributed by atoms with Gasteiger partial charge in [0.05, 0.1) is 0 Å². The van der Waals surface area contributed by atoms with Crippen LogP contribution in [-0.2, 0) is 14.3 Å². The Labute approximate surface area is 188 Å². The highest BCUT2D eigenvalue weighted by atomic mass is 16.6. The maximum Gasteiger partial charge on any atom is 0.410 e. The molecule has 2 aliphatic rings. The van der Waals surface area contributed by atoms with Gasteiger partial charge in [0.15, 0.2) is 0 Å². The third-order valence-electron chi connectivity index (χ3n) is 5.23. The van der Waals surface area contributed by atoms with E-state index in [1.54, 1.807) is 4.90 Å². The molecule has 2 rings (SSSR count). The van der Waals surface area contributed by atoms with E-state index in [1.165, 1.54) is 0 Å². The molecule has 2 heterocycles. The molecule has 8 heteroatoms. The molecule has 0 saturated carbocycles. The van der Waals surface area contributed by atoms with Crippen molar-refractivity contribution >= 4 is 17.9 Å². The van der Waals surface area contributed by atoms with E-state index < -0.39 is 5.60 Å². The average molecular weight is 441 g/mol. The topological polar surface area (TPSA) is 99.8 Å². The van der Waals surface area contributed by atoms with Crippen molar-refractivity contribution < 1.29 is 19.1 Å². The van der Waals surface area contributed by atoms with Gasteiger partial charge in [-0.25, -0.2) is 4.79 Å². The van der Waals surface area contributed by atoms with Crippen LogP contribution in [0.1, 0.15) is 74.1 Å². The molecular weight excluding hydrogens is 396 g/mol. The van der Waals surface area contributed by atoms with Crippen molar-refractivity contribution in [2.45, 2.75) is 91.8 Å². The van der Waals surface area contributed by atoms with Crippen LogP contribution < -0.4 is 16.0 Å². The van der Waals surface area contributed by atoms with Gasteiger partial charge in [0.2, 0.25) is 11.8 Å². The molecule has 0 aromatic rings. The number of amides is 3. The van der Waals surface area contributed by atoms with Crippen molar-refractivity contribution in [1.82, 2.24) is 20.9 Å². The van der Waals surface area contributed by atoms with E-state index in [2.05, 4.69) is 16.0 Å². The number of hydrogen-bond donors (Lipinski definition) is 3. The highest BCUT2D eigenvalue weighted by Crippen LogP contribution is 2.15. The lowest BCUT2D eigenvalue weighted by atomic mass is 10.0. The van der Waals surface area contributed by atoms with Crippen LogP contribution in [-0.4, -0.2) is 66.7 Å². The van der Waals surface area contributed by atoms with Crippen molar-refractivity contribution in [2.75, 3.05) is 26.2 Å². The quantitative estimate of drug-likeness (QED) is 0.624. The Balaban J connectivity index is 0.000000343. The minimum Gasteiger partial charge on any atom is -0.444 e. The first-order valence-electron chi connectivity index (χ1n) is 11.7. The minimum atomic E-state index is -0.459. The molecule has 0 unspecified atom stereocenters. The van der Waals surface area contributed by atoms with Gasteiger partial charge in [-0.15, -0.1) is 0 Å². The van der Waals surface area contributed by atoms with Gasteiger partial charge >= 0.3 is 6.09 Å². The molecule has 0 radical (unpaired) electrons. The number of ether oxygens (including phenoxy) is 1. The number of carbonyl (C=O) groups excluding carboxylic acids is 3. The first-order valence-corrected chi connectivity index (χ1v) is 11.7. The number of nitrogens with one attached hydrogen (secondary N) is 3. The van der Waals surface area contributed by atoms with Crippen LogP contribution in [0.25, 0.3) is 0 Å². The van der Waals surface area contributed by atoms with Crippen LogP contribution >= 0.6 is 0 Å². The summed E-state index contributed by atoms with van der Waals surface area (Å²) in [5, 5.41) is 9.31. The Bertz CT molecular complexity index is 573. The molecule has 2 aliphatic heterocycles. The molecule has 31 heavy (non-hydrogen) atoms. The van der Waals surface area contributed by atoms with E-state index in [-0.39, 0.29) is 35.8 Å².